The van der Waals surface area contributed by atoms with Gasteiger partial charge in [0.15, 0.2) is 4.96 Å². The molecule has 5 rings (SSSR count). The number of fused-ring (bicyclic) bond motifs is 1. The molecule has 35 heavy (non-hydrogen) atoms. The van der Waals surface area contributed by atoms with Crippen LogP contribution in [0.4, 0.5) is 10.3 Å². The van der Waals surface area contributed by atoms with Crippen LogP contribution in [0.2, 0.25) is 0 Å². The monoisotopic (exact) mass is 493 g/mol. The van der Waals surface area contributed by atoms with Crippen molar-refractivity contribution in [2.45, 2.75) is 45.4 Å². The maximum atomic E-state index is 13.6. The summed E-state index contributed by atoms with van der Waals surface area (Å²) in [7, 11) is 0. The molecule has 0 radical (unpaired) electrons. The quantitative estimate of drug-likeness (QED) is 0.315. The van der Waals surface area contributed by atoms with Crippen molar-refractivity contribution in [2.75, 3.05) is 18.5 Å². The van der Waals surface area contributed by atoms with Crippen LogP contribution in [-0.2, 0) is 16.0 Å². The maximum absolute atomic E-state index is 13.6. The molecule has 1 fully saturated rings. The third-order valence-corrected chi connectivity index (χ3v) is 7.23. The topological polar surface area (TPSA) is 81.4 Å². The van der Waals surface area contributed by atoms with Gasteiger partial charge in [0, 0.05) is 29.4 Å². The van der Waals surface area contributed by atoms with Crippen molar-refractivity contribution in [3.8, 4) is 22.6 Å². The van der Waals surface area contributed by atoms with E-state index in [0.29, 0.717) is 29.9 Å². The minimum absolute atomic E-state index is 0.123. The number of rotatable bonds is 8. The molecule has 1 N–H and O–H groups in total. The van der Waals surface area contributed by atoms with Gasteiger partial charge in [-0.3, -0.25) is 9.20 Å². The lowest BCUT2D eigenvalue weighted by Gasteiger charge is -2.21. The van der Waals surface area contributed by atoms with Crippen LogP contribution in [0.1, 0.15) is 44.7 Å². The smallest absolute Gasteiger partial charge is 0.311 e. The lowest BCUT2D eigenvalue weighted by Crippen LogP contribution is -2.18. The standard InChI is InChI=1S/C26H28FN5O2S/c1-2-34-22(33)14-20-16-35-26-31-23(18-8-10-19(27)11-9-18)24(32(20)26)21-12-13-28-25(30-21)29-15-17-6-4-3-5-7-17/h8-13,16-17H,2-7,14-15H2,1H3,(H,28,29,30). The molecule has 1 aliphatic carbocycles. The van der Waals surface area contributed by atoms with Crippen molar-refractivity contribution >= 4 is 28.2 Å². The third-order valence-electron chi connectivity index (χ3n) is 6.35. The van der Waals surface area contributed by atoms with Gasteiger partial charge in [-0.1, -0.05) is 19.3 Å². The van der Waals surface area contributed by atoms with E-state index < -0.39 is 0 Å². The van der Waals surface area contributed by atoms with E-state index in [-0.39, 0.29) is 18.2 Å². The first kappa shape index (κ1) is 23.4. The normalized spacial score (nSPS) is 14.3. The van der Waals surface area contributed by atoms with Gasteiger partial charge in [0.05, 0.1) is 24.4 Å². The molecule has 0 amide bonds. The van der Waals surface area contributed by atoms with Crippen LogP contribution >= 0.6 is 11.3 Å². The Morgan fingerprint density at radius 3 is 2.74 bits per heavy atom. The first-order chi connectivity index (χ1) is 17.1. The Hall–Kier alpha value is -3.33. The predicted molar refractivity (Wildman–Crippen MR) is 135 cm³/mol. The fourth-order valence-electron chi connectivity index (χ4n) is 4.65. The Morgan fingerprint density at radius 1 is 1.17 bits per heavy atom. The molecule has 1 aliphatic rings. The number of carbonyl (C=O) groups excluding carboxylic acids is 1. The lowest BCUT2D eigenvalue weighted by atomic mass is 9.89. The molecule has 4 aromatic rings. The van der Waals surface area contributed by atoms with Gasteiger partial charge in [-0.25, -0.2) is 19.3 Å². The van der Waals surface area contributed by atoms with Crippen LogP contribution in [0, 0.1) is 11.7 Å². The number of anilines is 1. The van der Waals surface area contributed by atoms with Crippen LogP contribution in [0.5, 0.6) is 0 Å². The Bertz CT molecular complexity index is 1310. The summed E-state index contributed by atoms with van der Waals surface area (Å²) in [6, 6.07) is 8.10. The molecule has 9 heteroatoms. The molecule has 0 unspecified atom stereocenters. The van der Waals surface area contributed by atoms with E-state index in [2.05, 4.69) is 10.3 Å². The van der Waals surface area contributed by atoms with Crippen LogP contribution in [-0.4, -0.2) is 38.5 Å². The van der Waals surface area contributed by atoms with E-state index in [1.807, 2.05) is 15.8 Å². The summed E-state index contributed by atoms with van der Waals surface area (Å²) in [6.45, 7) is 2.97. The van der Waals surface area contributed by atoms with E-state index in [0.717, 1.165) is 28.5 Å². The zero-order valence-electron chi connectivity index (χ0n) is 19.7. The van der Waals surface area contributed by atoms with Gasteiger partial charge in [0.2, 0.25) is 5.95 Å². The summed E-state index contributed by atoms with van der Waals surface area (Å²) in [5.74, 6) is 0.596. The Morgan fingerprint density at radius 2 is 1.97 bits per heavy atom. The average Bonchev–Trinajstić information content (AvgIpc) is 3.44. The molecule has 3 aromatic heterocycles. The summed E-state index contributed by atoms with van der Waals surface area (Å²) in [5.41, 5.74) is 3.65. The highest BCUT2D eigenvalue weighted by Crippen LogP contribution is 2.35. The van der Waals surface area contributed by atoms with Crippen LogP contribution in [0.25, 0.3) is 27.6 Å². The lowest BCUT2D eigenvalue weighted by molar-refractivity contribution is -0.142. The second-order valence-corrected chi connectivity index (χ2v) is 9.63. The van der Waals surface area contributed by atoms with Gasteiger partial charge in [0.1, 0.15) is 11.5 Å². The molecule has 0 aliphatic heterocycles. The van der Waals surface area contributed by atoms with Gasteiger partial charge >= 0.3 is 5.97 Å². The van der Waals surface area contributed by atoms with Gasteiger partial charge in [-0.05, 0) is 56.0 Å². The first-order valence-corrected chi connectivity index (χ1v) is 13.0. The molecule has 1 aromatic carbocycles. The number of hydrogen-bond donors (Lipinski definition) is 1. The van der Waals surface area contributed by atoms with E-state index >= 15 is 0 Å². The number of aromatic nitrogens is 4. The van der Waals surface area contributed by atoms with Crippen molar-refractivity contribution in [1.29, 1.82) is 0 Å². The number of esters is 1. The highest BCUT2D eigenvalue weighted by molar-refractivity contribution is 7.15. The largest absolute Gasteiger partial charge is 0.466 e. The van der Waals surface area contributed by atoms with Gasteiger partial charge in [-0.2, -0.15) is 0 Å². The summed E-state index contributed by atoms with van der Waals surface area (Å²) in [5, 5.41) is 5.33. The molecule has 0 atom stereocenters. The number of benzene rings is 1. The minimum atomic E-state index is -0.310. The Kier molecular flexibility index (Phi) is 7.03. The van der Waals surface area contributed by atoms with Gasteiger partial charge in [0.25, 0.3) is 0 Å². The molecule has 7 nitrogen and oxygen atoms in total. The molecule has 0 spiro atoms. The second kappa shape index (κ2) is 10.5. The molecular formula is C26H28FN5O2S. The van der Waals surface area contributed by atoms with Crippen LogP contribution < -0.4 is 5.32 Å². The number of halogens is 1. The molecule has 0 saturated heterocycles. The minimum Gasteiger partial charge on any atom is -0.466 e. The fraction of sp³-hybridized carbons (Fsp3) is 0.385. The first-order valence-electron chi connectivity index (χ1n) is 12.1. The van der Waals surface area contributed by atoms with Crippen molar-refractivity contribution in [3.05, 3.63) is 53.4 Å². The highest BCUT2D eigenvalue weighted by Gasteiger charge is 2.23. The zero-order valence-corrected chi connectivity index (χ0v) is 20.5. The summed E-state index contributed by atoms with van der Waals surface area (Å²) < 4.78 is 20.8. The van der Waals surface area contributed by atoms with Crippen LogP contribution in [0.15, 0.2) is 41.9 Å². The van der Waals surface area contributed by atoms with Crippen molar-refractivity contribution in [1.82, 2.24) is 19.4 Å². The van der Waals surface area contributed by atoms with Crippen LogP contribution in [0.3, 0.4) is 0 Å². The van der Waals surface area contributed by atoms with Gasteiger partial charge < -0.3 is 10.1 Å². The summed E-state index contributed by atoms with van der Waals surface area (Å²) in [4.78, 5) is 27.1. The van der Waals surface area contributed by atoms with E-state index in [1.165, 1.54) is 55.6 Å². The number of thiazole rings is 1. The number of ether oxygens (including phenoxy) is 1. The molecular weight excluding hydrogens is 465 g/mol. The number of imidazole rings is 1. The summed E-state index contributed by atoms with van der Waals surface area (Å²) in [6.07, 6.45) is 8.20. The highest BCUT2D eigenvalue weighted by atomic mass is 32.1. The SMILES string of the molecule is CCOC(=O)Cc1csc2nc(-c3ccc(F)cc3)c(-c3ccnc(NCC4CCCCC4)n3)n12. The molecule has 0 bridgehead atoms. The molecule has 3 heterocycles. The molecule has 182 valence electrons. The van der Waals surface area contributed by atoms with Crippen molar-refractivity contribution in [3.63, 3.8) is 0 Å². The van der Waals surface area contributed by atoms with Crippen molar-refractivity contribution in [2.24, 2.45) is 5.92 Å². The Labute approximate surface area is 207 Å². The fourth-order valence-corrected chi connectivity index (χ4v) is 5.54. The predicted octanol–water partition coefficient (Wildman–Crippen LogP) is 5.76. The average molecular weight is 494 g/mol. The van der Waals surface area contributed by atoms with E-state index in [9.17, 15) is 9.18 Å². The van der Waals surface area contributed by atoms with Crippen molar-refractivity contribution < 1.29 is 13.9 Å². The van der Waals surface area contributed by atoms with Gasteiger partial charge in [-0.15, -0.1) is 11.3 Å². The maximum Gasteiger partial charge on any atom is 0.311 e. The molecule has 1 saturated carbocycles. The van der Waals surface area contributed by atoms with E-state index in [1.54, 1.807) is 25.3 Å². The second-order valence-electron chi connectivity index (χ2n) is 8.79. The summed E-state index contributed by atoms with van der Waals surface area (Å²) >= 11 is 1.45. The zero-order chi connectivity index (χ0) is 24.2. The van der Waals surface area contributed by atoms with E-state index in [4.69, 9.17) is 14.7 Å². The number of hydrogen-bond acceptors (Lipinski definition) is 7. The number of nitrogens with zero attached hydrogens (tertiary/aromatic N) is 4. The third kappa shape index (κ3) is 5.19. The number of carbonyl (C=O) groups is 1. The Balaban J connectivity index is 1.55. The number of nitrogens with one attached hydrogen (secondary N) is 1.